The van der Waals surface area contributed by atoms with Gasteiger partial charge in [-0.15, -0.1) is 24.0 Å². The number of aromatic nitrogens is 2. The number of para-hydroxylation sites is 1. The van der Waals surface area contributed by atoms with Gasteiger partial charge in [-0.3, -0.25) is 4.99 Å². The van der Waals surface area contributed by atoms with E-state index in [9.17, 15) is 0 Å². The largest absolute Gasteiger partial charge is 0.369 e. The lowest BCUT2D eigenvalue weighted by molar-refractivity contribution is 0.597. The summed E-state index contributed by atoms with van der Waals surface area (Å²) in [5, 5.41) is 7.00. The normalized spacial score (nSPS) is 16.7. The standard InChI is InChI=1S/C21H32N6.HI/c1-3-22-21(24-12-7-8-14-26-16-13-23-18(26)2)25-19-11-15-27(17-19)20-9-5-4-6-10-20;/h4-6,9-10,13,16,19H,3,7-8,11-12,14-15,17H2,1-2H3,(H2,22,24,25);1H. The molecule has 0 saturated carbocycles. The molecule has 3 rings (SSSR count). The lowest BCUT2D eigenvalue weighted by Gasteiger charge is -2.20. The zero-order chi connectivity index (χ0) is 18.9. The first-order chi connectivity index (χ1) is 13.3. The fraction of sp³-hybridized carbons (Fsp3) is 0.524. The lowest BCUT2D eigenvalue weighted by Crippen LogP contribution is -2.44. The van der Waals surface area contributed by atoms with Crippen molar-refractivity contribution in [3.63, 3.8) is 0 Å². The van der Waals surface area contributed by atoms with Crippen LogP contribution in [0.3, 0.4) is 0 Å². The second kappa shape index (κ2) is 11.9. The Hall–Kier alpha value is -1.77. The molecule has 7 heteroatoms. The van der Waals surface area contributed by atoms with E-state index in [-0.39, 0.29) is 24.0 Å². The summed E-state index contributed by atoms with van der Waals surface area (Å²) in [4.78, 5) is 11.5. The summed E-state index contributed by atoms with van der Waals surface area (Å²) in [6.07, 6.45) is 7.24. The van der Waals surface area contributed by atoms with Gasteiger partial charge in [-0.05, 0) is 45.2 Å². The number of guanidine groups is 1. The van der Waals surface area contributed by atoms with Gasteiger partial charge in [0.15, 0.2) is 5.96 Å². The Bertz CT molecular complexity index is 715. The number of imidazole rings is 1. The average molecular weight is 496 g/mol. The van der Waals surface area contributed by atoms with Crippen LogP contribution in [0.4, 0.5) is 5.69 Å². The number of halogens is 1. The van der Waals surface area contributed by atoms with Crippen molar-refractivity contribution in [2.45, 2.75) is 45.7 Å². The quantitative estimate of drug-likeness (QED) is 0.255. The van der Waals surface area contributed by atoms with Gasteiger partial charge in [-0.2, -0.15) is 0 Å². The molecule has 2 heterocycles. The molecule has 1 atom stereocenters. The molecule has 1 aromatic heterocycles. The predicted molar refractivity (Wildman–Crippen MR) is 128 cm³/mol. The number of benzene rings is 1. The first kappa shape index (κ1) is 22.5. The lowest BCUT2D eigenvalue weighted by atomic mass is 10.2. The van der Waals surface area contributed by atoms with Crippen LogP contribution in [0.15, 0.2) is 47.7 Å². The predicted octanol–water partition coefficient (Wildman–Crippen LogP) is 3.42. The number of anilines is 1. The molecule has 2 aromatic rings. The van der Waals surface area contributed by atoms with Gasteiger partial charge in [0.05, 0.1) is 0 Å². The maximum absolute atomic E-state index is 4.77. The van der Waals surface area contributed by atoms with Gasteiger partial charge >= 0.3 is 0 Å². The number of hydrogen-bond acceptors (Lipinski definition) is 3. The van der Waals surface area contributed by atoms with Crippen LogP contribution in [0.1, 0.15) is 32.0 Å². The molecule has 1 saturated heterocycles. The molecule has 28 heavy (non-hydrogen) atoms. The first-order valence-electron chi connectivity index (χ1n) is 10.1. The van der Waals surface area contributed by atoms with E-state index in [2.05, 4.69) is 62.3 Å². The summed E-state index contributed by atoms with van der Waals surface area (Å²) >= 11 is 0. The van der Waals surface area contributed by atoms with E-state index >= 15 is 0 Å². The highest BCUT2D eigenvalue weighted by molar-refractivity contribution is 14.0. The van der Waals surface area contributed by atoms with Crippen molar-refractivity contribution >= 4 is 35.6 Å². The van der Waals surface area contributed by atoms with Crippen LogP contribution in [0.2, 0.25) is 0 Å². The first-order valence-corrected chi connectivity index (χ1v) is 10.1. The molecule has 0 amide bonds. The van der Waals surface area contributed by atoms with Gasteiger partial charge in [0, 0.05) is 56.8 Å². The van der Waals surface area contributed by atoms with E-state index in [1.54, 1.807) is 0 Å². The smallest absolute Gasteiger partial charge is 0.191 e. The Morgan fingerprint density at radius 3 is 2.79 bits per heavy atom. The zero-order valence-corrected chi connectivity index (χ0v) is 19.3. The minimum atomic E-state index is 0. The molecular formula is C21H33IN6. The molecule has 6 nitrogen and oxygen atoms in total. The Morgan fingerprint density at radius 2 is 2.07 bits per heavy atom. The van der Waals surface area contributed by atoms with E-state index in [1.807, 2.05) is 19.3 Å². The monoisotopic (exact) mass is 496 g/mol. The Kier molecular flexibility index (Phi) is 9.60. The third-order valence-corrected chi connectivity index (χ3v) is 5.00. The van der Waals surface area contributed by atoms with Gasteiger partial charge in [0.2, 0.25) is 0 Å². The Balaban J connectivity index is 0.00000280. The summed E-state index contributed by atoms with van der Waals surface area (Å²) in [5.74, 6) is 2.02. The summed E-state index contributed by atoms with van der Waals surface area (Å²) in [5.41, 5.74) is 1.30. The van der Waals surface area contributed by atoms with Gasteiger partial charge in [-0.1, -0.05) is 18.2 Å². The summed E-state index contributed by atoms with van der Waals surface area (Å²) < 4.78 is 2.20. The molecule has 154 valence electrons. The molecule has 2 N–H and O–H groups in total. The minimum absolute atomic E-state index is 0. The van der Waals surface area contributed by atoms with E-state index in [0.717, 1.165) is 63.8 Å². The highest BCUT2D eigenvalue weighted by Gasteiger charge is 2.23. The maximum atomic E-state index is 4.77. The number of rotatable bonds is 8. The number of aliphatic imine (C=N–C) groups is 1. The maximum Gasteiger partial charge on any atom is 0.191 e. The molecule has 1 fully saturated rings. The molecule has 1 unspecified atom stereocenters. The zero-order valence-electron chi connectivity index (χ0n) is 17.0. The van der Waals surface area contributed by atoms with Crippen LogP contribution in [-0.2, 0) is 6.54 Å². The summed E-state index contributed by atoms with van der Waals surface area (Å²) in [7, 11) is 0. The van der Waals surface area contributed by atoms with E-state index in [0.29, 0.717) is 6.04 Å². The summed E-state index contributed by atoms with van der Waals surface area (Å²) in [6, 6.07) is 11.1. The van der Waals surface area contributed by atoms with Gasteiger partial charge in [0.1, 0.15) is 5.82 Å². The molecular weight excluding hydrogens is 463 g/mol. The van der Waals surface area contributed by atoms with Crippen LogP contribution >= 0.6 is 24.0 Å². The Labute approximate surface area is 185 Å². The fourth-order valence-corrected chi connectivity index (χ4v) is 3.49. The third kappa shape index (κ3) is 6.68. The van der Waals surface area contributed by atoms with Crippen LogP contribution in [0, 0.1) is 6.92 Å². The molecule has 0 aliphatic carbocycles. The van der Waals surface area contributed by atoms with Crippen molar-refractivity contribution in [3.05, 3.63) is 48.5 Å². The van der Waals surface area contributed by atoms with Crippen molar-refractivity contribution in [2.75, 3.05) is 31.1 Å². The summed E-state index contributed by atoms with van der Waals surface area (Å²) in [6.45, 7) is 9.02. The minimum Gasteiger partial charge on any atom is -0.369 e. The number of nitrogens with zero attached hydrogens (tertiary/aromatic N) is 4. The number of unbranched alkanes of at least 4 members (excludes halogenated alkanes) is 1. The van der Waals surface area contributed by atoms with Crippen molar-refractivity contribution in [3.8, 4) is 0 Å². The second-order valence-electron chi connectivity index (χ2n) is 7.05. The van der Waals surface area contributed by atoms with Crippen LogP contribution < -0.4 is 15.5 Å². The van der Waals surface area contributed by atoms with Crippen molar-refractivity contribution < 1.29 is 0 Å². The van der Waals surface area contributed by atoms with Crippen LogP contribution in [0.25, 0.3) is 0 Å². The SMILES string of the molecule is CCNC(=NCCCCn1ccnc1C)NC1CCN(c2ccccc2)C1.I. The highest BCUT2D eigenvalue weighted by atomic mass is 127. The van der Waals surface area contributed by atoms with Crippen molar-refractivity contribution in [1.82, 2.24) is 20.2 Å². The average Bonchev–Trinajstić information content (AvgIpc) is 3.31. The molecule has 1 aliphatic rings. The number of nitrogens with one attached hydrogen (secondary N) is 2. The van der Waals surface area contributed by atoms with E-state index in [1.165, 1.54) is 5.69 Å². The van der Waals surface area contributed by atoms with Crippen molar-refractivity contribution in [1.29, 1.82) is 0 Å². The van der Waals surface area contributed by atoms with E-state index < -0.39 is 0 Å². The third-order valence-electron chi connectivity index (χ3n) is 5.00. The van der Waals surface area contributed by atoms with Gasteiger partial charge in [-0.25, -0.2) is 4.98 Å². The highest BCUT2D eigenvalue weighted by Crippen LogP contribution is 2.19. The topological polar surface area (TPSA) is 57.5 Å². The molecule has 0 bridgehead atoms. The number of aryl methyl sites for hydroxylation is 2. The molecule has 0 spiro atoms. The molecule has 0 radical (unpaired) electrons. The van der Waals surface area contributed by atoms with E-state index in [4.69, 9.17) is 4.99 Å². The second-order valence-corrected chi connectivity index (χ2v) is 7.05. The van der Waals surface area contributed by atoms with Crippen LogP contribution in [-0.4, -0.2) is 47.7 Å². The Morgan fingerprint density at radius 1 is 1.25 bits per heavy atom. The molecule has 1 aromatic carbocycles. The van der Waals surface area contributed by atoms with Crippen LogP contribution in [0.5, 0.6) is 0 Å². The fourth-order valence-electron chi connectivity index (χ4n) is 3.49. The van der Waals surface area contributed by atoms with Gasteiger partial charge < -0.3 is 20.1 Å². The molecule has 1 aliphatic heterocycles. The van der Waals surface area contributed by atoms with Crippen molar-refractivity contribution in [2.24, 2.45) is 4.99 Å². The van der Waals surface area contributed by atoms with Gasteiger partial charge in [0.25, 0.3) is 0 Å². The number of hydrogen-bond donors (Lipinski definition) is 2.